The SMILES string of the molecule is O=C(CN(Cc1ccco1)S(=O)(=O)C=Cc1ccccc1)N1c2ccccc2Sc2ccccc21. The molecule has 2 heterocycles. The zero-order valence-electron chi connectivity index (χ0n) is 18.7. The van der Waals surface area contributed by atoms with Crippen LogP contribution in [0.15, 0.2) is 117 Å². The van der Waals surface area contributed by atoms with Crippen LogP contribution in [0.2, 0.25) is 0 Å². The molecule has 0 spiro atoms. The van der Waals surface area contributed by atoms with Gasteiger partial charge in [0, 0.05) is 15.2 Å². The molecule has 0 saturated heterocycles. The van der Waals surface area contributed by atoms with Gasteiger partial charge in [-0.25, -0.2) is 8.42 Å². The summed E-state index contributed by atoms with van der Waals surface area (Å²) in [5, 5.41) is 1.13. The lowest BCUT2D eigenvalue weighted by molar-refractivity contribution is -0.118. The lowest BCUT2D eigenvalue weighted by Crippen LogP contribution is -2.41. The van der Waals surface area contributed by atoms with Gasteiger partial charge >= 0.3 is 0 Å². The zero-order chi connectivity index (χ0) is 24.3. The maximum atomic E-state index is 13.7. The number of hydrogen-bond donors (Lipinski definition) is 0. The van der Waals surface area contributed by atoms with Crippen LogP contribution in [0.25, 0.3) is 6.08 Å². The normalized spacial score (nSPS) is 13.1. The van der Waals surface area contributed by atoms with Crippen molar-refractivity contribution in [2.45, 2.75) is 16.3 Å². The molecule has 1 amide bonds. The van der Waals surface area contributed by atoms with Crippen molar-refractivity contribution in [2.24, 2.45) is 0 Å². The van der Waals surface area contributed by atoms with Gasteiger partial charge in [-0.15, -0.1) is 0 Å². The molecule has 1 aliphatic rings. The van der Waals surface area contributed by atoms with E-state index in [1.807, 2.05) is 78.9 Å². The Labute approximate surface area is 208 Å². The van der Waals surface area contributed by atoms with E-state index in [1.165, 1.54) is 12.3 Å². The van der Waals surface area contributed by atoms with Crippen molar-refractivity contribution in [2.75, 3.05) is 11.4 Å². The Bertz CT molecular complexity index is 1420. The summed E-state index contributed by atoms with van der Waals surface area (Å²) in [5.41, 5.74) is 2.21. The summed E-state index contributed by atoms with van der Waals surface area (Å²) in [7, 11) is -3.95. The average molecular weight is 503 g/mol. The van der Waals surface area contributed by atoms with E-state index >= 15 is 0 Å². The van der Waals surface area contributed by atoms with Gasteiger partial charge in [0.15, 0.2) is 0 Å². The molecule has 176 valence electrons. The van der Waals surface area contributed by atoms with Crippen LogP contribution < -0.4 is 4.90 Å². The van der Waals surface area contributed by atoms with Crippen molar-refractivity contribution < 1.29 is 17.6 Å². The lowest BCUT2D eigenvalue weighted by atomic mass is 10.2. The number of carbonyl (C=O) groups is 1. The molecule has 6 nitrogen and oxygen atoms in total. The number of sulfonamides is 1. The molecule has 3 aromatic carbocycles. The summed E-state index contributed by atoms with van der Waals surface area (Å²) in [6.45, 7) is -0.415. The molecule has 8 heteroatoms. The number of para-hydroxylation sites is 2. The number of amides is 1. The Morgan fingerprint density at radius 3 is 2.11 bits per heavy atom. The molecule has 0 fully saturated rings. The highest BCUT2D eigenvalue weighted by molar-refractivity contribution is 7.99. The van der Waals surface area contributed by atoms with Crippen LogP contribution in [-0.4, -0.2) is 25.2 Å². The van der Waals surface area contributed by atoms with Crippen LogP contribution in [0.1, 0.15) is 11.3 Å². The topological polar surface area (TPSA) is 70.8 Å². The van der Waals surface area contributed by atoms with Crippen molar-refractivity contribution >= 4 is 45.1 Å². The molecule has 0 unspecified atom stereocenters. The van der Waals surface area contributed by atoms with Gasteiger partial charge in [0.25, 0.3) is 0 Å². The summed E-state index contributed by atoms with van der Waals surface area (Å²) < 4.78 is 33.3. The fraction of sp³-hybridized carbons (Fsp3) is 0.0741. The van der Waals surface area contributed by atoms with Crippen molar-refractivity contribution in [3.63, 3.8) is 0 Å². The number of benzene rings is 3. The molecule has 0 saturated carbocycles. The molecule has 1 aliphatic heterocycles. The largest absolute Gasteiger partial charge is 0.468 e. The fourth-order valence-electron chi connectivity index (χ4n) is 3.82. The molecular formula is C27H22N2O4S2. The fourth-order valence-corrected chi connectivity index (χ4v) is 5.98. The van der Waals surface area contributed by atoms with E-state index in [0.717, 1.165) is 36.4 Å². The maximum Gasteiger partial charge on any atom is 0.246 e. The Morgan fingerprint density at radius 1 is 0.857 bits per heavy atom. The van der Waals surface area contributed by atoms with Gasteiger partial charge in [0.1, 0.15) is 5.76 Å². The number of carbonyl (C=O) groups excluding carboxylic acids is 1. The molecule has 4 aromatic rings. The molecule has 0 radical (unpaired) electrons. The molecule has 35 heavy (non-hydrogen) atoms. The van der Waals surface area contributed by atoms with E-state index < -0.39 is 10.0 Å². The van der Waals surface area contributed by atoms with Crippen molar-refractivity contribution in [1.29, 1.82) is 0 Å². The molecule has 0 N–H and O–H groups in total. The number of fused-ring (bicyclic) bond motifs is 2. The van der Waals surface area contributed by atoms with Gasteiger partial charge in [-0.05, 0) is 48.0 Å². The van der Waals surface area contributed by atoms with Crippen LogP contribution in [-0.2, 0) is 21.4 Å². The number of hydrogen-bond acceptors (Lipinski definition) is 5. The Kier molecular flexibility index (Phi) is 6.59. The standard InChI is InChI=1S/C27H22N2O4S2/c30-27(29-23-12-4-6-14-25(23)34-26-15-7-5-13-24(26)29)20-28(19-22-11-8-17-33-22)35(31,32)18-16-21-9-2-1-3-10-21/h1-18H,19-20H2. The first-order valence-electron chi connectivity index (χ1n) is 11.0. The first kappa shape index (κ1) is 23.2. The smallest absolute Gasteiger partial charge is 0.246 e. The quantitative estimate of drug-likeness (QED) is 0.314. The van der Waals surface area contributed by atoms with E-state index in [-0.39, 0.29) is 19.0 Å². The van der Waals surface area contributed by atoms with Gasteiger partial charge in [-0.1, -0.05) is 66.4 Å². The zero-order valence-corrected chi connectivity index (χ0v) is 20.3. The lowest BCUT2D eigenvalue weighted by Gasteiger charge is -2.32. The predicted octanol–water partition coefficient (Wildman–Crippen LogP) is 5.91. The van der Waals surface area contributed by atoms with Crippen molar-refractivity contribution in [3.05, 3.63) is 114 Å². The second kappa shape index (κ2) is 9.95. The minimum atomic E-state index is -3.95. The van der Waals surface area contributed by atoms with E-state index in [1.54, 1.807) is 28.8 Å². The number of anilines is 2. The Hall–Kier alpha value is -3.59. The molecule has 0 bridgehead atoms. The van der Waals surface area contributed by atoms with Crippen LogP contribution in [0.4, 0.5) is 11.4 Å². The van der Waals surface area contributed by atoms with Gasteiger partial charge in [0.05, 0.1) is 30.7 Å². The number of rotatable bonds is 7. The first-order chi connectivity index (χ1) is 17.0. The van der Waals surface area contributed by atoms with E-state index in [0.29, 0.717) is 5.76 Å². The third-order valence-corrected chi connectivity index (χ3v) is 8.09. The second-order valence-electron chi connectivity index (χ2n) is 7.87. The summed E-state index contributed by atoms with van der Waals surface area (Å²) in [5.74, 6) is 0.0953. The summed E-state index contributed by atoms with van der Waals surface area (Å²) in [4.78, 5) is 17.2. The summed E-state index contributed by atoms with van der Waals surface area (Å²) >= 11 is 1.59. The summed E-state index contributed by atoms with van der Waals surface area (Å²) in [6.07, 6.45) is 3.01. The predicted molar refractivity (Wildman–Crippen MR) is 138 cm³/mol. The van der Waals surface area contributed by atoms with Gasteiger partial charge < -0.3 is 4.42 Å². The Morgan fingerprint density at radius 2 is 1.49 bits per heavy atom. The van der Waals surface area contributed by atoms with Crippen molar-refractivity contribution in [3.8, 4) is 0 Å². The molecule has 0 aliphatic carbocycles. The third-order valence-electron chi connectivity index (χ3n) is 5.50. The van der Waals surface area contributed by atoms with Crippen LogP contribution in [0, 0.1) is 0 Å². The molecular weight excluding hydrogens is 480 g/mol. The van der Waals surface area contributed by atoms with Crippen molar-refractivity contribution in [1.82, 2.24) is 4.31 Å². The summed E-state index contributed by atoms with van der Waals surface area (Å²) in [6, 6.07) is 27.8. The molecule has 5 rings (SSSR count). The van der Waals surface area contributed by atoms with Crippen LogP contribution in [0.3, 0.4) is 0 Å². The highest BCUT2D eigenvalue weighted by atomic mass is 32.2. The van der Waals surface area contributed by atoms with Crippen LogP contribution in [0.5, 0.6) is 0 Å². The molecule has 1 aromatic heterocycles. The maximum absolute atomic E-state index is 13.7. The highest BCUT2D eigenvalue weighted by Crippen LogP contribution is 2.47. The monoisotopic (exact) mass is 502 g/mol. The van der Waals surface area contributed by atoms with E-state index in [4.69, 9.17) is 4.42 Å². The molecule has 0 atom stereocenters. The van der Waals surface area contributed by atoms with E-state index in [2.05, 4.69) is 0 Å². The van der Waals surface area contributed by atoms with E-state index in [9.17, 15) is 13.2 Å². The first-order valence-corrected chi connectivity index (χ1v) is 13.3. The minimum Gasteiger partial charge on any atom is -0.468 e. The third kappa shape index (κ3) is 5.09. The van der Waals surface area contributed by atoms with Gasteiger partial charge in [0.2, 0.25) is 15.9 Å². The number of nitrogens with zero attached hydrogens (tertiary/aromatic N) is 2. The Balaban J connectivity index is 1.48. The van der Waals surface area contributed by atoms with Crippen LogP contribution >= 0.6 is 11.8 Å². The van der Waals surface area contributed by atoms with Gasteiger partial charge in [-0.3, -0.25) is 9.69 Å². The van der Waals surface area contributed by atoms with Gasteiger partial charge in [-0.2, -0.15) is 4.31 Å². The number of furan rings is 1. The second-order valence-corrected chi connectivity index (χ2v) is 10.8. The average Bonchev–Trinajstić information content (AvgIpc) is 3.39. The highest BCUT2D eigenvalue weighted by Gasteiger charge is 2.31. The minimum absolute atomic E-state index is 0.0634.